The average molecular weight is 327 g/mol. The number of amides is 1. The molecule has 0 atom stereocenters. The third-order valence-electron chi connectivity index (χ3n) is 2.76. The Morgan fingerprint density at radius 1 is 1.27 bits per heavy atom. The van der Waals surface area contributed by atoms with E-state index >= 15 is 0 Å². The van der Waals surface area contributed by atoms with Crippen molar-refractivity contribution in [3.8, 4) is 0 Å². The zero-order valence-electron chi connectivity index (χ0n) is 12.8. The highest BCUT2D eigenvalue weighted by molar-refractivity contribution is 6.30. The molecular weight excluding hydrogens is 304 g/mol. The number of carbonyl (C=O) groups is 1. The average Bonchev–Trinajstić information content (AvgIpc) is 2.52. The van der Waals surface area contributed by atoms with Gasteiger partial charge >= 0.3 is 0 Å². The summed E-state index contributed by atoms with van der Waals surface area (Å²) in [6.45, 7) is 4.94. The summed E-state index contributed by atoms with van der Waals surface area (Å²) in [6.07, 6.45) is 0.837. The zero-order chi connectivity index (χ0) is 16.2. The molecule has 0 saturated heterocycles. The van der Waals surface area contributed by atoms with Gasteiger partial charge in [-0.15, -0.1) is 0 Å². The van der Waals surface area contributed by atoms with E-state index < -0.39 is 0 Å². The lowest BCUT2D eigenvalue weighted by atomic mass is 10.2. The van der Waals surface area contributed by atoms with Crippen LogP contribution < -0.4 is 16.4 Å². The van der Waals surface area contributed by atoms with Gasteiger partial charge in [-0.3, -0.25) is 9.79 Å². The van der Waals surface area contributed by atoms with Crippen molar-refractivity contribution in [1.82, 2.24) is 10.6 Å². The van der Waals surface area contributed by atoms with Crippen LogP contribution in [0.25, 0.3) is 0 Å². The summed E-state index contributed by atoms with van der Waals surface area (Å²) in [5.74, 6) is 0.225. The Balaban J connectivity index is 2.15. The van der Waals surface area contributed by atoms with E-state index in [1.165, 1.54) is 0 Å². The first-order chi connectivity index (χ1) is 10.6. The van der Waals surface area contributed by atoms with Gasteiger partial charge in [-0.05, 0) is 37.6 Å². The van der Waals surface area contributed by atoms with Crippen molar-refractivity contribution in [2.24, 2.45) is 10.7 Å². The summed E-state index contributed by atoms with van der Waals surface area (Å²) in [5.41, 5.74) is 6.28. The van der Waals surface area contributed by atoms with E-state index in [2.05, 4.69) is 15.6 Å². The summed E-state index contributed by atoms with van der Waals surface area (Å²) < 4.78 is 5.20. The van der Waals surface area contributed by atoms with Gasteiger partial charge in [0.1, 0.15) is 0 Å². The number of guanidine groups is 1. The molecule has 4 N–H and O–H groups in total. The molecule has 1 aromatic rings. The van der Waals surface area contributed by atoms with Crippen LogP contribution in [-0.2, 0) is 4.74 Å². The normalized spacial score (nSPS) is 11.3. The highest BCUT2D eigenvalue weighted by Gasteiger charge is 2.03. The first-order valence-corrected chi connectivity index (χ1v) is 7.66. The van der Waals surface area contributed by atoms with Gasteiger partial charge in [0.2, 0.25) is 0 Å². The molecule has 22 heavy (non-hydrogen) atoms. The minimum absolute atomic E-state index is 0.148. The third-order valence-corrected chi connectivity index (χ3v) is 3.01. The summed E-state index contributed by atoms with van der Waals surface area (Å²) in [7, 11) is 0. The number of rotatable bonds is 9. The van der Waals surface area contributed by atoms with Gasteiger partial charge in [0.25, 0.3) is 5.91 Å². The van der Waals surface area contributed by atoms with Crippen LogP contribution in [0.2, 0.25) is 5.02 Å². The summed E-state index contributed by atoms with van der Waals surface area (Å²) >= 11 is 5.77. The molecule has 122 valence electrons. The van der Waals surface area contributed by atoms with E-state index in [1.807, 2.05) is 6.92 Å². The highest BCUT2D eigenvalue weighted by atomic mass is 35.5. The Bertz CT molecular complexity index is 477. The van der Waals surface area contributed by atoms with Crippen LogP contribution >= 0.6 is 11.6 Å². The molecule has 7 heteroatoms. The van der Waals surface area contributed by atoms with Crippen LogP contribution in [0, 0.1) is 0 Å². The number of nitrogens with one attached hydrogen (secondary N) is 2. The van der Waals surface area contributed by atoms with E-state index in [1.54, 1.807) is 24.3 Å². The fraction of sp³-hybridized carbons (Fsp3) is 0.467. The molecule has 0 aromatic heterocycles. The zero-order valence-corrected chi connectivity index (χ0v) is 13.5. The molecule has 6 nitrogen and oxygen atoms in total. The quantitative estimate of drug-likeness (QED) is 0.363. The van der Waals surface area contributed by atoms with E-state index in [9.17, 15) is 4.79 Å². The van der Waals surface area contributed by atoms with Gasteiger partial charge in [-0.25, -0.2) is 0 Å². The number of aliphatic imine (C=N–C) groups is 1. The number of hydrogen-bond donors (Lipinski definition) is 3. The fourth-order valence-corrected chi connectivity index (χ4v) is 1.76. The summed E-state index contributed by atoms with van der Waals surface area (Å²) in [4.78, 5) is 16.0. The smallest absolute Gasteiger partial charge is 0.251 e. The SMILES string of the molecule is CCOCCCN=C(N)NCCNC(=O)c1ccc(Cl)cc1. The lowest BCUT2D eigenvalue weighted by Gasteiger charge is -2.07. The van der Waals surface area contributed by atoms with Crippen molar-refractivity contribution in [3.63, 3.8) is 0 Å². The second kappa shape index (κ2) is 10.9. The Labute approximate surface area is 136 Å². The van der Waals surface area contributed by atoms with E-state index in [0.717, 1.165) is 6.42 Å². The number of nitrogens with zero attached hydrogens (tertiary/aromatic N) is 1. The standard InChI is InChI=1S/C15H23ClN4O2/c1-2-22-11-3-8-19-15(17)20-10-9-18-14(21)12-4-6-13(16)7-5-12/h4-7H,2-3,8-11H2,1H3,(H,18,21)(H3,17,19,20). The maximum absolute atomic E-state index is 11.8. The van der Waals surface area contributed by atoms with Gasteiger partial charge in [-0.1, -0.05) is 11.6 Å². The Kier molecular flexibility index (Phi) is 9.02. The minimum Gasteiger partial charge on any atom is -0.382 e. The molecule has 0 radical (unpaired) electrons. The number of carbonyl (C=O) groups excluding carboxylic acids is 1. The maximum Gasteiger partial charge on any atom is 0.251 e. The van der Waals surface area contributed by atoms with Crippen molar-refractivity contribution in [2.75, 3.05) is 32.8 Å². The van der Waals surface area contributed by atoms with Crippen LogP contribution in [0.1, 0.15) is 23.7 Å². The first kappa shape index (κ1) is 18.3. The lowest BCUT2D eigenvalue weighted by molar-refractivity contribution is 0.0954. The fourth-order valence-electron chi connectivity index (χ4n) is 1.64. The van der Waals surface area contributed by atoms with Crippen LogP contribution in [0.4, 0.5) is 0 Å². The topological polar surface area (TPSA) is 88.7 Å². The first-order valence-electron chi connectivity index (χ1n) is 7.28. The predicted molar refractivity (Wildman–Crippen MR) is 89.4 cm³/mol. The van der Waals surface area contributed by atoms with Crippen LogP contribution in [0.5, 0.6) is 0 Å². The molecule has 1 aromatic carbocycles. The van der Waals surface area contributed by atoms with Gasteiger partial charge < -0.3 is 21.1 Å². The Hall–Kier alpha value is -1.79. The number of halogens is 1. The van der Waals surface area contributed by atoms with E-state index in [-0.39, 0.29) is 5.91 Å². The molecule has 0 aliphatic heterocycles. The molecule has 0 fully saturated rings. The minimum atomic E-state index is -0.148. The van der Waals surface area contributed by atoms with Crippen LogP contribution in [0.3, 0.4) is 0 Å². The Morgan fingerprint density at radius 2 is 1.95 bits per heavy atom. The summed E-state index contributed by atoms with van der Waals surface area (Å²) in [6, 6.07) is 6.72. The number of benzene rings is 1. The molecule has 1 amide bonds. The molecule has 0 aliphatic carbocycles. The number of ether oxygens (including phenoxy) is 1. The summed E-state index contributed by atoms with van der Waals surface area (Å²) in [5, 5.41) is 6.33. The second-order valence-electron chi connectivity index (χ2n) is 4.51. The van der Waals surface area contributed by atoms with Crippen molar-refractivity contribution in [2.45, 2.75) is 13.3 Å². The van der Waals surface area contributed by atoms with Crippen molar-refractivity contribution in [1.29, 1.82) is 0 Å². The van der Waals surface area contributed by atoms with Gasteiger partial charge in [0.15, 0.2) is 5.96 Å². The second-order valence-corrected chi connectivity index (χ2v) is 4.94. The van der Waals surface area contributed by atoms with Crippen LogP contribution in [-0.4, -0.2) is 44.7 Å². The molecule has 0 unspecified atom stereocenters. The molecule has 0 aliphatic rings. The predicted octanol–water partition coefficient (Wildman–Crippen LogP) is 1.40. The molecule has 0 spiro atoms. The largest absolute Gasteiger partial charge is 0.382 e. The molecule has 0 heterocycles. The van der Waals surface area contributed by atoms with Crippen molar-refractivity contribution >= 4 is 23.5 Å². The molecular formula is C15H23ClN4O2. The van der Waals surface area contributed by atoms with Gasteiger partial charge in [0, 0.05) is 43.4 Å². The van der Waals surface area contributed by atoms with Crippen molar-refractivity contribution in [3.05, 3.63) is 34.9 Å². The lowest BCUT2D eigenvalue weighted by Crippen LogP contribution is -2.38. The van der Waals surface area contributed by atoms with Crippen molar-refractivity contribution < 1.29 is 9.53 Å². The van der Waals surface area contributed by atoms with E-state index in [0.29, 0.717) is 49.4 Å². The monoisotopic (exact) mass is 326 g/mol. The molecule has 0 saturated carbocycles. The molecule has 0 bridgehead atoms. The van der Waals surface area contributed by atoms with Gasteiger partial charge in [0.05, 0.1) is 0 Å². The molecule has 1 rings (SSSR count). The number of hydrogen-bond acceptors (Lipinski definition) is 3. The number of nitrogens with two attached hydrogens (primary N) is 1. The Morgan fingerprint density at radius 3 is 2.64 bits per heavy atom. The van der Waals surface area contributed by atoms with Crippen LogP contribution in [0.15, 0.2) is 29.3 Å². The van der Waals surface area contributed by atoms with Gasteiger partial charge in [-0.2, -0.15) is 0 Å². The third kappa shape index (κ3) is 7.85. The highest BCUT2D eigenvalue weighted by Crippen LogP contribution is 2.08. The maximum atomic E-state index is 11.8. The van der Waals surface area contributed by atoms with E-state index in [4.69, 9.17) is 22.1 Å².